The quantitative estimate of drug-likeness (QED) is 0.563. The smallest absolute Gasteiger partial charge is 0.120 e. The topological polar surface area (TPSA) is 41.5 Å². The van der Waals surface area contributed by atoms with Gasteiger partial charge in [0, 0.05) is 11.6 Å². The fourth-order valence-electron chi connectivity index (χ4n) is 3.00. The van der Waals surface area contributed by atoms with Gasteiger partial charge in [0.15, 0.2) is 0 Å². The van der Waals surface area contributed by atoms with Gasteiger partial charge in [0.05, 0.1) is 6.10 Å². The van der Waals surface area contributed by atoms with Crippen molar-refractivity contribution in [2.75, 3.05) is 13.1 Å². The average Bonchev–Trinajstić information content (AvgIpc) is 2.59. The first-order valence-corrected chi connectivity index (χ1v) is 9.69. The van der Waals surface area contributed by atoms with Crippen molar-refractivity contribution in [1.29, 1.82) is 0 Å². The van der Waals surface area contributed by atoms with Gasteiger partial charge < -0.3 is 15.2 Å². The van der Waals surface area contributed by atoms with Gasteiger partial charge in [0.2, 0.25) is 0 Å². The monoisotopic (exact) mass is 375 g/mol. The maximum Gasteiger partial charge on any atom is 0.120 e. The van der Waals surface area contributed by atoms with Crippen molar-refractivity contribution in [3.05, 3.63) is 64.7 Å². The minimum atomic E-state index is -0.551. The van der Waals surface area contributed by atoms with Crippen molar-refractivity contribution in [3.63, 3.8) is 0 Å². The van der Waals surface area contributed by atoms with Crippen molar-refractivity contribution < 1.29 is 9.84 Å². The third kappa shape index (κ3) is 6.99. The molecule has 0 fully saturated rings. The van der Waals surface area contributed by atoms with Crippen LogP contribution in [-0.2, 0) is 6.42 Å². The van der Waals surface area contributed by atoms with Crippen LogP contribution in [0.3, 0.4) is 0 Å². The summed E-state index contributed by atoms with van der Waals surface area (Å²) in [6.45, 7) is 7.73. The summed E-state index contributed by atoms with van der Waals surface area (Å²) in [4.78, 5) is 0. The fourth-order valence-corrected chi connectivity index (χ4v) is 3.20. The van der Waals surface area contributed by atoms with E-state index in [2.05, 4.69) is 38.2 Å². The van der Waals surface area contributed by atoms with Crippen LogP contribution in [-0.4, -0.2) is 23.8 Å². The Morgan fingerprint density at radius 3 is 2.54 bits per heavy atom. The predicted molar refractivity (Wildman–Crippen MR) is 109 cm³/mol. The summed E-state index contributed by atoms with van der Waals surface area (Å²) in [5.74, 6) is 0.913. The van der Waals surface area contributed by atoms with Crippen LogP contribution in [0.25, 0.3) is 0 Å². The van der Waals surface area contributed by atoms with E-state index in [0.717, 1.165) is 37.1 Å². The summed E-state index contributed by atoms with van der Waals surface area (Å²) < 4.78 is 6.05. The zero-order valence-corrected chi connectivity index (χ0v) is 16.7. The molecule has 0 bridgehead atoms. The molecule has 0 unspecified atom stereocenters. The van der Waals surface area contributed by atoms with Crippen LogP contribution in [0.4, 0.5) is 0 Å². The van der Waals surface area contributed by atoms with Crippen LogP contribution in [0.2, 0.25) is 5.02 Å². The van der Waals surface area contributed by atoms with Crippen LogP contribution in [0.5, 0.6) is 5.75 Å². The van der Waals surface area contributed by atoms with Gasteiger partial charge in [-0.25, -0.2) is 0 Å². The van der Waals surface area contributed by atoms with Crippen LogP contribution in [0, 0.1) is 0 Å². The van der Waals surface area contributed by atoms with Crippen LogP contribution in [0.1, 0.15) is 50.8 Å². The number of nitrogens with one attached hydrogen (secondary N) is 1. The third-order valence-electron chi connectivity index (χ3n) is 4.33. The Kier molecular flexibility index (Phi) is 7.95. The zero-order chi connectivity index (χ0) is 19.0. The maximum absolute atomic E-state index is 10.2. The minimum absolute atomic E-state index is 0.131. The molecule has 0 aromatic heterocycles. The van der Waals surface area contributed by atoms with E-state index in [0.29, 0.717) is 11.6 Å². The number of aliphatic hydroxyl groups is 1. The second kappa shape index (κ2) is 9.96. The van der Waals surface area contributed by atoms with Gasteiger partial charge in [0.25, 0.3) is 0 Å². The van der Waals surface area contributed by atoms with Crippen LogP contribution < -0.4 is 10.1 Å². The van der Waals surface area contributed by atoms with E-state index < -0.39 is 6.10 Å². The van der Waals surface area contributed by atoms with E-state index in [4.69, 9.17) is 16.3 Å². The van der Waals surface area contributed by atoms with Gasteiger partial charge in [-0.2, -0.15) is 0 Å². The highest BCUT2D eigenvalue weighted by molar-refractivity contribution is 6.30. The van der Waals surface area contributed by atoms with E-state index in [9.17, 15) is 5.11 Å². The highest BCUT2D eigenvalue weighted by atomic mass is 35.5. The number of rotatable bonds is 10. The summed E-state index contributed by atoms with van der Waals surface area (Å²) in [7, 11) is 0. The molecule has 0 spiro atoms. The van der Waals surface area contributed by atoms with Crippen LogP contribution in [0.15, 0.2) is 48.5 Å². The normalized spacial score (nSPS) is 12.8. The van der Waals surface area contributed by atoms with Crippen molar-refractivity contribution in [3.8, 4) is 5.75 Å². The van der Waals surface area contributed by atoms with Gasteiger partial charge in [-0.15, -0.1) is 0 Å². The van der Waals surface area contributed by atoms with Gasteiger partial charge in [0.1, 0.15) is 11.4 Å². The molecule has 142 valence electrons. The second-order valence-electron chi connectivity index (χ2n) is 7.28. The number of ether oxygens (including phenoxy) is 1. The Hall–Kier alpha value is -1.55. The lowest BCUT2D eigenvalue weighted by molar-refractivity contribution is 0.0986. The summed E-state index contributed by atoms with van der Waals surface area (Å²) >= 11 is 5.96. The first-order valence-electron chi connectivity index (χ1n) is 9.32. The molecule has 2 rings (SSSR count). The lowest BCUT2D eigenvalue weighted by Gasteiger charge is -2.26. The molecule has 0 radical (unpaired) electrons. The molecule has 26 heavy (non-hydrogen) atoms. The second-order valence-corrected chi connectivity index (χ2v) is 7.72. The molecule has 2 aromatic carbocycles. The highest BCUT2D eigenvalue weighted by Crippen LogP contribution is 2.22. The molecule has 0 saturated heterocycles. The molecule has 3 nitrogen and oxygen atoms in total. The molecule has 2 aromatic rings. The molecular weight excluding hydrogens is 346 g/mol. The Morgan fingerprint density at radius 1 is 1.15 bits per heavy atom. The molecular formula is C22H30ClNO2. The molecule has 2 N–H and O–H groups in total. The molecule has 0 heterocycles. The average molecular weight is 376 g/mol. The van der Waals surface area contributed by atoms with Crippen molar-refractivity contribution in [1.82, 2.24) is 5.32 Å². The van der Waals surface area contributed by atoms with Crippen molar-refractivity contribution in [2.24, 2.45) is 0 Å². The summed E-state index contributed by atoms with van der Waals surface area (Å²) in [5.41, 5.74) is 1.95. The summed E-state index contributed by atoms with van der Waals surface area (Å²) in [5, 5.41) is 14.1. The summed E-state index contributed by atoms with van der Waals surface area (Å²) in [6, 6.07) is 15.6. The number of hydrogen-bond acceptors (Lipinski definition) is 3. The molecule has 0 saturated carbocycles. The minimum Gasteiger partial charge on any atom is -0.488 e. The van der Waals surface area contributed by atoms with E-state index in [-0.39, 0.29) is 5.60 Å². The third-order valence-corrected chi connectivity index (χ3v) is 4.57. The Balaban J connectivity index is 1.74. The molecule has 4 heteroatoms. The number of hydrogen-bond donors (Lipinski definition) is 2. The molecule has 0 aliphatic carbocycles. The van der Waals surface area contributed by atoms with Gasteiger partial charge >= 0.3 is 0 Å². The van der Waals surface area contributed by atoms with E-state index in [1.54, 1.807) is 6.07 Å². The standard InChI is InChI=1S/C22H30ClNO2/c1-4-13-22(2,3)26-20-10-8-17(9-11-20)12-14-24-16-21(25)18-6-5-7-19(23)15-18/h5-11,15,21,24-25H,4,12-14,16H2,1-3H3/t21-/m0/s1. The molecule has 0 aliphatic rings. The first-order chi connectivity index (χ1) is 12.4. The number of benzene rings is 2. The van der Waals surface area contributed by atoms with E-state index in [1.807, 2.05) is 30.3 Å². The number of aliphatic hydroxyl groups excluding tert-OH is 1. The van der Waals surface area contributed by atoms with Crippen molar-refractivity contribution >= 4 is 11.6 Å². The van der Waals surface area contributed by atoms with Gasteiger partial charge in [-0.05, 0) is 68.6 Å². The summed E-state index contributed by atoms with van der Waals surface area (Å²) in [6.07, 6.45) is 2.50. The predicted octanol–water partition coefficient (Wildman–Crippen LogP) is 5.16. The fraction of sp³-hybridized carbons (Fsp3) is 0.455. The number of halogens is 1. The zero-order valence-electron chi connectivity index (χ0n) is 16.0. The van der Waals surface area contributed by atoms with Crippen LogP contribution >= 0.6 is 11.6 Å². The highest BCUT2D eigenvalue weighted by Gasteiger charge is 2.18. The lowest BCUT2D eigenvalue weighted by Crippen LogP contribution is -2.27. The van der Waals surface area contributed by atoms with Gasteiger partial charge in [-0.1, -0.05) is 49.2 Å². The largest absolute Gasteiger partial charge is 0.488 e. The van der Waals surface area contributed by atoms with Gasteiger partial charge in [-0.3, -0.25) is 0 Å². The molecule has 1 atom stereocenters. The Labute approximate surface area is 162 Å². The van der Waals surface area contributed by atoms with Crippen molar-refractivity contribution in [2.45, 2.75) is 51.7 Å². The van der Waals surface area contributed by atoms with E-state index >= 15 is 0 Å². The maximum atomic E-state index is 10.2. The first kappa shape index (κ1) is 20.8. The SMILES string of the molecule is CCCC(C)(C)Oc1ccc(CCNC[C@H](O)c2cccc(Cl)c2)cc1. The molecule has 0 amide bonds. The Bertz CT molecular complexity index is 670. The lowest BCUT2D eigenvalue weighted by atomic mass is 10.0. The molecule has 0 aliphatic heterocycles. The Morgan fingerprint density at radius 2 is 1.88 bits per heavy atom. The van der Waals surface area contributed by atoms with E-state index in [1.165, 1.54) is 5.56 Å².